The summed E-state index contributed by atoms with van der Waals surface area (Å²) in [6.45, 7) is 0.149. The number of anilines is 1. The third-order valence-electron chi connectivity index (χ3n) is 1.81. The van der Waals surface area contributed by atoms with E-state index in [0.717, 1.165) is 6.07 Å². The summed E-state index contributed by atoms with van der Waals surface area (Å²) < 4.78 is 25.7. The highest BCUT2D eigenvalue weighted by molar-refractivity contribution is 5.92. The minimum Gasteiger partial charge on any atom is -0.334 e. The molecule has 13 heavy (non-hydrogen) atoms. The molecule has 0 unspecified atom stereocenters. The number of halogens is 2. The number of benzene rings is 1. The molecule has 1 aliphatic rings. The van der Waals surface area contributed by atoms with Gasteiger partial charge in [-0.2, -0.15) is 0 Å². The molecule has 1 aromatic carbocycles. The van der Waals surface area contributed by atoms with Gasteiger partial charge in [-0.15, -0.1) is 0 Å². The number of fused-ring (bicyclic) bond motifs is 1. The Balaban J connectivity index is 2.53. The lowest BCUT2D eigenvalue weighted by Crippen LogP contribution is -2.34. The summed E-state index contributed by atoms with van der Waals surface area (Å²) in [6, 6.07) is 1.45. The van der Waals surface area contributed by atoms with Gasteiger partial charge in [0.1, 0.15) is 11.6 Å². The van der Waals surface area contributed by atoms with Crippen LogP contribution in [0.15, 0.2) is 12.1 Å². The Morgan fingerprint density at radius 3 is 2.85 bits per heavy atom. The first-order valence-electron chi connectivity index (χ1n) is 3.69. The van der Waals surface area contributed by atoms with E-state index >= 15 is 0 Å². The van der Waals surface area contributed by atoms with E-state index in [9.17, 15) is 13.6 Å². The van der Waals surface area contributed by atoms with Crippen LogP contribution in [0.25, 0.3) is 0 Å². The van der Waals surface area contributed by atoms with Crippen molar-refractivity contribution in [3.63, 3.8) is 0 Å². The zero-order valence-corrected chi connectivity index (χ0v) is 6.53. The highest BCUT2D eigenvalue weighted by Crippen LogP contribution is 2.23. The fourth-order valence-electron chi connectivity index (χ4n) is 1.24. The first-order chi connectivity index (χ1) is 6.16. The third kappa shape index (κ3) is 1.32. The van der Waals surface area contributed by atoms with Gasteiger partial charge >= 0.3 is 6.03 Å². The quantitative estimate of drug-likeness (QED) is 0.631. The van der Waals surface area contributed by atoms with Gasteiger partial charge < -0.3 is 10.6 Å². The molecule has 1 aliphatic heterocycles. The average Bonchev–Trinajstić information content (AvgIpc) is 2.06. The predicted octanol–water partition coefficient (Wildman–Crippen LogP) is 1.60. The second-order valence-corrected chi connectivity index (χ2v) is 2.73. The zero-order chi connectivity index (χ0) is 9.42. The summed E-state index contributed by atoms with van der Waals surface area (Å²) in [5.41, 5.74) is 0.474. The van der Waals surface area contributed by atoms with Crippen LogP contribution in [-0.2, 0) is 6.54 Å². The Kier molecular flexibility index (Phi) is 1.65. The summed E-state index contributed by atoms with van der Waals surface area (Å²) in [5.74, 6) is -1.39. The van der Waals surface area contributed by atoms with Crippen LogP contribution in [0, 0.1) is 11.6 Å². The number of carbonyl (C=O) groups excluding carboxylic acids is 1. The van der Waals surface area contributed by atoms with Crippen LogP contribution in [0.1, 0.15) is 5.56 Å². The van der Waals surface area contributed by atoms with Crippen LogP contribution in [0.4, 0.5) is 19.3 Å². The van der Waals surface area contributed by atoms with E-state index < -0.39 is 17.7 Å². The molecule has 0 saturated heterocycles. The smallest absolute Gasteiger partial charge is 0.319 e. The summed E-state index contributed by atoms with van der Waals surface area (Å²) >= 11 is 0. The summed E-state index contributed by atoms with van der Waals surface area (Å²) in [5, 5.41) is 4.67. The molecule has 2 N–H and O–H groups in total. The Morgan fingerprint density at radius 2 is 2.08 bits per heavy atom. The highest BCUT2D eigenvalue weighted by Gasteiger charge is 2.18. The van der Waals surface area contributed by atoms with Gasteiger partial charge in [0.25, 0.3) is 0 Å². The molecule has 0 aliphatic carbocycles. The van der Waals surface area contributed by atoms with Crippen molar-refractivity contribution in [1.29, 1.82) is 0 Å². The molecule has 0 atom stereocenters. The Hall–Kier alpha value is -1.65. The maximum absolute atomic E-state index is 13.0. The molecule has 0 spiro atoms. The fourth-order valence-corrected chi connectivity index (χ4v) is 1.24. The van der Waals surface area contributed by atoms with E-state index in [0.29, 0.717) is 5.56 Å². The minimum absolute atomic E-state index is 0.0603. The zero-order valence-electron chi connectivity index (χ0n) is 6.53. The molecule has 1 heterocycles. The van der Waals surface area contributed by atoms with Gasteiger partial charge in [-0.05, 0) is 6.07 Å². The number of hydrogen-bond donors (Lipinski definition) is 2. The molecule has 0 radical (unpaired) electrons. The van der Waals surface area contributed by atoms with Crippen LogP contribution < -0.4 is 10.6 Å². The lowest BCUT2D eigenvalue weighted by molar-refractivity contribution is 0.250. The van der Waals surface area contributed by atoms with Crippen LogP contribution in [0.5, 0.6) is 0 Å². The molecule has 68 valence electrons. The monoisotopic (exact) mass is 184 g/mol. The number of carbonyl (C=O) groups is 1. The van der Waals surface area contributed by atoms with Crippen molar-refractivity contribution in [2.24, 2.45) is 0 Å². The van der Waals surface area contributed by atoms with Crippen molar-refractivity contribution in [2.45, 2.75) is 6.54 Å². The van der Waals surface area contributed by atoms with Gasteiger partial charge in [-0.1, -0.05) is 0 Å². The van der Waals surface area contributed by atoms with Gasteiger partial charge in [-0.3, -0.25) is 0 Å². The molecule has 3 nitrogen and oxygen atoms in total. The molecular weight excluding hydrogens is 178 g/mol. The molecule has 0 aromatic heterocycles. The number of rotatable bonds is 0. The van der Waals surface area contributed by atoms with E-state index in [1.54, 1.807) is 0 Å². The summed E-state index contributed by atoms with van der Waals surface area (Å²) in [6.07, 6.45) is 0. The molecule has 2 amide bonds. The van der Waals surface area contributed by atoms with Crippen molar-refractivity contribution < 1.29 is 13.6 Å². The summed E-state index contributed by atoms with van der Waals surface area (Å²) in [4.78, 5) is 10.8. The molecule has 0 fully saturated rings. The normalized spacial score (nSPS) is 14.5. The molecule has 0 saturated carbocycles. The number of hydrogen-bond acceptors (Lipinski definition) is 1. The lowest BCUT2D eigenvalue weighted by atomic mass is 10.1. The third-order valence-corrected chi connectivity index (χ3v) is 1.81. The molecule has 0 bridgehead atoms. The standard InChI is InChI=1S/C8H6F2N2O/c9-5-1-4-3-11-8(13)12-7(4)6(10)2-5/h1-2H,3H2,(H2,11,12,13). The second kappa shape index (κ2) is 2.69. The number of urea groups is 1. The minimum atomic E-state index is -0.746. The van der Waals surface area contributed by atoms with E-state index in [4.69, 9.17) is 0 Å². The van der Waals surface area contributed by atoms with Gasteiger partial charge in [0.05, 0.1) is 5.69 Å². The fraction of sp³-hybridized carbons (Fsp3) is 0.125. The van der Waals surface area contributed by atoms with Crippen molar-refractivity contribution in [3.8, 4) is 0 Å². The molecular formula is C8H6F2N2O. The molecule has 1 aromatic rings. The first-order valence-corrected chi connectivity index (χ1v) is 3.69. The second-order valence-electron chi connectivity index (χ2n) is 2.73. The van der Waals surface area contributed by atoms with E-state index in [-0.39, 0.29) is 12.2 Å². The number of nitrogens with one attached hydrogen (secondary N) is 2. The number of amides is 2. The largest absolute Gasteiger partial charge is 0.334 e. The van der Waals surface area contributed by atoms with Crippen LogP contribution in [0.2, 0.25) is 0 Å². The van der Waals surface area contributed by atoms with Crippen molar-refractivity contribution in [2.75, 3.05) is 5.32 Å². The van der Waals surface area contributed by atoms with Gasteiger partial charge in [0.2, 0.25) is 0 Å². The maximum Gasteiger partial charge on any atom is 0.319 e. The van der Waals surface area contributed by atoms with Crippen molar-refractivity contribution >= 4 is 11.7 Å². The first kappa shape index (κ1) is 7.97. The Labute approximate surface area is 72.7 Å². The predicted molar refractivity (Wildman–Crippen MR) is 42.2 cm³/mol. The molecule has 5 heteroatoms. The topological polar surface area (TPSA) is 41.1 Å². The highest BCUT2D eigenvalue weighted by atomic mass is 19.1. The van der Waals surface area contributed by atoms with Gasteiger partial charge in [0, 0.05) is 18.2 Å². The van der Waals surface area contributed by atoms with Gasteiger partial charge in [-0.25, -0.2) is 13.6 Å². The van der Waals surface area contributed by atoms with Gasteiger partial charge in [0.15, 0.2) is 0 Å². The lowest BCUT2D eigenvalue weighted by Gasteiger charge is -2.18. The van der Waals surface area contributed by atoms with Crippen LogP contribution in [-0.4, -0.2) is 6.03 Å². The maximum atomic E-state index is 13.0. The average molecular weight is 184 g/mol. The summed E-state index contributed by atoms with van der Waals surface area (Å²) in [7, 11) is 0. The SMILES string of the molecule is O=C1NCc2cc(F)cc(F)c2N1. The van der Waals surface area contributed by atoms with E-state index in [2.05, 4.69) is 10.6 Å². The Bertz CT molecular complexity index is 379. The molecule has 2 rings (SSSR count). The van der Waals surface area contributed by atoms with E-state index in [1.165, 1.54) is 6.07 Å². The van der Waals surface area contributed by atoms with Crippen LogP contribution in [0.3, 0.4) is 0 Å². The van der Waals surface area contributed by atoms with E-state index in [1.807, 2.05) is 0 Å². The Morgan fingerprint density at radius 1 is 1.31 bits per heavy atom. The van der Waals surface area contributed by atoms with Crippen molar-refractivity contribution in [1.82, 2.24) is 5.32 Å². The van der Waals surface area contributed by atoms with Crippen LogP contribution >= 0.6 is 0 Å². The van der Waals surface area contributed by atoms with Crippen molar-refractivity contribution in [3.05, 3.63) is 29.3 Å².